The van der Waals surface area contributed by atoms with Gasteiger partial charge in [0, 0.05) is 26.2 Å². The first-order valence-electron chi connectivity index (χ1n) is 7.60. The molecule has 0 radical (unpaired) electrons. The average Bonchev–Trinajstić information content (AvgIpc) is 2.46. The van der Waals surface area contributed by atoms with E-state index in [1.807, 2.05) is 39.0 Å². The van der Waals surface area contributed by atoms with Crippen LogP contribution in [0.5, 0.6) is 0 Å². The maximum Gasteiger partial charge on any atom is 0.410 e. The van der Waals surface area contributed by atoms with E-state index in [4.69, 9.17) is 4.74 Å². The monoisotopic (exact) mass is 304 g/mol. The third kappa shape index (κ3) is 4.56. The molecule has 120 valence electrons. The van der Waals surface area contributed by atoms with Gasteiger partial charge < -0.3 is 9.53 Å². The zero-order chi connectivity index (χ0) is 16.2. The predicted octanol–water partition coefficient (Wildman–Crippen LogP) is 2.31. The lowest BCUT2D eigenvalue weighted by atomic mass is 10.1. The number of hydrogen-bond acceptors (Lipinski definition) is 4. The summed E-state index contributed by atoms with van der Waals surface area (Å²) in [6.45, 7) is 8.04. The number of aldehydes is 1. The summed E-state index contributed by atoms with van der Waals surface area (Å²) in [5.41, 5.74) is 0.656. The minimum atomic E-state index is -0.550. The number of benzene rings is 1. The Morgan fingerprint density at radius 1 is 1.27 bits per heavy atom. The molecule has 0 saturated carbocycles. The van der Waals surface area contributed by atoms with Crippen molar-refractivity contribution in [3.05, 3.63) is 35.9 Å². The number of nitrogens with zero attached hydrogens (tertiary/aromatic N) is 2. The Bertz CT molecular complexity index is 510. The van der Waals surface area contributed by atoms with Crippen molar-refractivity contribution in [2.75, 3.05) is 19.6 Å². The Hall–Kier alpha value is -1.88. The molecule has 1 amide bonds. The molecule has 1 aromatic carbocycles. The molecule has 0 spiro atoms. The summed E-state index contributed by atoms with van der Waals surface area (Å²) in [5.74, 6) is 0. The van der Waals surface area contributed by atoms with Gasteiger partial charge in [-0.1, -0.05) is 30.3 Å². The Morgan fingerprint density at radius 3 is 2.55 bits per heavy atom. The number of amides is 1. The van der Waals surface area contributed by atoms with Gasteiger partial charge in [0.15, 0.2) is 0 Å². The summed E-state index contributed by atoms with van der Waals surface area (Å²) >= 11 is 0. The van der Waals surface area contributed by atoms with Crippen molar-refractivity contribution in [3.63, 3.8) is 0 Å². The second kappa shape index (κ2) is 6.92. The standard InChI is InChI=1S/C17H24N2O3/c1-17(2,3)22-16(21)19-10-9-18(12-15(19)13-20)11-14-7-5-4-6-8-14/h4-8,13,15H,9-12H2,1-3H3. The maximum atomic E-state index is 12.2. The quantitative estimate of drug-likeness (QED) is 0.804. The number of ether oxygens (including phenoxy) is 1. The number of hydrogen-bond donors (Lipinski definition) is 0. The molecule has 0 aromatic heterocycles. The largest absolute Gasteiger partial charge is 0.444 e. The zero-order valence-electron chi connectivity index (χ0n) is 13.5. The van der Waals surface area contributed by atoms with Crippen molar-refractivity contribution in [2.24, 2.45) is 0 Å². The van der Waals surface area contributed by atoms with E-state index in [0.717, 1.165) is 19.4 Å². The zero-order valence-corrected chi connectivity index (χ0v) is 13.5. The van der Waals surface area contributed by atoms with E-state index >= 15 is 0 Å². The van der Waals surface area contributed by atoms with E-state index in [1.54, 1.807) is 0 Å². The summed E-state index contributed by atoms with van der Waals surface area (Å²) < 4.78 is 5.37. The highest BCUT2D eigenvalue weighted by molar-refractivity contribution is 5.74. The van der Waals surface area contributed by atoms with Crippen LogP contribution in [0.3, 0.4) is 0 Å². The summed E-state index contributed by atoms with van der Waals surface area (Å²) in [6.07, 6.45) is 0.421. The van der Waals surface area contributed by atoms with Gasteiger partial charge in [-0.2, -0.15) is 0 Å². The first-order valence-corrected chi connectivity index (χ1v) is 7.60. The third-order valence-corrected chi connectivity index (χ3v) is 3.54. The second-order valence-corrected chi connectivity index (χ2v) is 6.60. The van der Waals surface area contributed by atoms with Gasteiger partial charge in [0.05, 0.1) is 0 Å². The average molecular weight is 304 g/mol. The number of carbonyl (C=O) groups excluding carboxylic acids is 2. The second-order valence-electron chi connectivity index (χ2n) is 6.60. The van der Waals surface area contributed by atoms with Gasteiger partial charge in [-0.05, 0) is 26.3 Å². The number of rotatable bonds is 3. The van der Waals surface area contributed by atoms with Gasteiger partial charge in [-0.25, -0.2) is 4.79 Å². The van der Waals surface area contributed by atoms with Crippen LogP contribution in [0.2, 0.25) is 0 Å². The Kier molecular flexibility index (Phi) is 5.19. The Balaban J connectivity index is 1.96. The first-order chi connectivity index (χ1) is 10.4. The van der Waals surface area contributed by atoms with Crippen molar-refractivity contribution in [1.82, 2.24) is 9.80 Å². The van der Waals surface area contributed by atoms with Gasteiger partial charge in [0.25, 0.3) is 0 Å². The molecule has 5 nitrogen and oxygen atoms in total. The molecule has 1 saturated heterocycles. The van der Waals surface area contributed by atoms with Crippen molar-refractivity contribution in [3.8, 4) is 0 Å². The lowest BCUT2D eigenvalue weighted by molar-refractivity contribution is -0.114. The van der Waals surface area contributed by atoms with Crippen molar-refractivity contribution < 1.29 is 14.3 Å². The SMILES string of the molecule is CC(C)(C)OC(=O)N1CCN(Cc2ccccc2)CC1C=O. The van der Waals surface area contributed by atoms with Crippen molar-refractivity contribution in [1.29, 1.82) is 0 Å². The molecule has 1 aliphatic heterocycles. The van der Waals surface area contributed by atoms with E-state index in [0.29, 0.717) is 13.1 Å². The van der Waals surface area contributed by atoms with E-state index in [2.05, 4.69) is 17.0 Å². The van der Waals surface area contributed by atoms with Gasteiger partial charge in [0.1, 0.15) is 17.9 Å². The lowest BCUT2D eigenvalue weighted by Crippen LogP contribution is -2.56. The molecule has 5 heteroatoms. The van der Waals surface area contributed by atoms with Crippen LogP contribution in [-0.2, 0) is 16.1 Å². The fraction of sp³-hybridized carbons (Fsp3) is 0.529. The fourth-order valence-corrected chi connectivity index (χ4v) is 2.52. The molecule has 1 unspecified atom stereocenters. The van der Waals surface area contributed by atoms with Gasteiger partial charge in [-0.3, -0.25) is 9.80 Å². The van der Waals surface area contributed by atoms with E-state index in [-0.39, 0.29) is 0 Å². The molecule has 22 heavy (non-hydrogen) atoms. The molecule has 0 aliphatic carbocycles. The van der Waals surface area contributed by atoms with Crippen LogP contribution in [0.1, 0.15) is 26.3 Å². The normalized spacial score (nSPS) is 19.8. The number of piperazine rings is 1. The lowest BCUT2D eigenvalue weighted by Gasteiger charge is -2.39. The molecular formula is C17H24N2O3. The van der Waals surface area contributed by atoms with Crippen LogP contribution in [0.25, 0.3) is 0 Å². The smallest absolute Gasteiger partial charge is 0.410 e. The molecule has 1 aromatic rings. The summed E-state index contributed by atoms with van der Waals surface area (Å²) in [4.78, 5) is 27.3. The van der Waals surface area contributed by atoms with Crippen LogP contribution in [0, 0.1) is 0 Å². The summed E-state index contributed by atoms with van der Waals surface area (Å²) in [6, 6.07) is 9.67. The summed E-state index contributed by atoms with van der Waals surface area (Å²) in [7, 11) is 0. The molecular weight excluding hydrogens is 280 g/mol. The third-order valence-electron chi connectivity index (χ3n) is 3.54. The van der Waals surface area contributed by atoms with Gasteiger partial charge in [0.2, 0.25) is 0 Å². The fourth-order valence-electron chi connectivity index (χ4n) is 2.52. The topological polar surface area (TPSA) is 49.9 Å². The van der Waals surface area contributed by atoms with Crippen LogP contribution in [0.15, 0.2) is 30.3 Å². The summed E-state index contributed by atoms with van der Waals surface area (Å²) in [5, 5.41) is 0. The molecule has 2 rings (SSSR count). The highest BCUT2D eigenvalue weighted by Crippen LogP contribution is 2.16. The first kappa shape index (κ1) is 16.5. The molecule has 1 fully saturated rings. The Morgan fingerprint density at radius 2 is 1.95 bits per heavy atom. The van der Waals surface area contributed by atoms with E-state index in [1.165, 1.54) is 10.5 Å². The van der Waals surface area contributed by atoms with Gasteiger partial charge >= 0.3 is 6.09 Å². The maximum absolute atomic E-state index is 12.2. The predicted molar refractivity (Wildman–Crippen MR) is 84.5 cm³/mol. The van der Waals surface area contributed by atoms with Crippen LogP contribution < -0.4 is 0 Å². The van der Waals surface area contributed by atoms with E-state index in [9.17, 15) is 9.59 Å². The van der Waals surface area contributed by atoms with E-state index < -0.39 is 17.7 Å². The highest BCUT2D eigenvalue weighted by Gasteiger charge is 2.33. The molecule has 0 N–H and O–H groups in total. The number of carbonyl (C=O) groups is 2. The van der Waals surface area contributed by atoms with Crippen LogP contribution >= 0.6 is 0 Å². The van der Waals surface area contributed by atoms with Crippen LogP contribution in [-0.4, -0.2) is 53.5 Å². The molecule has 1 atom stereocenters. The Labute approximate surface area is 131 Å². The minimum Gasteiger partial charge on any atom is -0.444 e. The molecule has 0 bridgehead atoms. The minimum absolute atomic E-state index is 0.413. The van der Waals surface area contributed by atoms with Crippen molar-refractivity contribution in [2.45, 2.75) is 39.0 Å². The molecule has 1 aliphatic rings. The van der Waals surface area contributed by atoms with Crippen LogP contribution in [0.4, 0.5) is 4.79 Å². The molecule has 1 heterocycles. The highest BCUT2D eigenvalue weighted by atomic mass is 16.6. The van der Waals surface area contributed by atoms with Crippen molar-refractivity contribution >= 4 is 12.4 Å². The van der Waals surface area contributed by atoms with Gasteiger partial charge in [-0.15, -0.1) is 0 Å².